The highest BCUT2D eigenvalue weighted by Crippen LogP contribution is 2.18. The molecular weight excluding hydrogens is 182 g/mol. The van der Waals surface area contributed by atoms with Gasteiger partial charge in [-0.05, 0) is 36.5 Å². The topological polar surface area (TPSA) is 23.8 Å². The molecule has 0 aliphatic heterocycles. The number of aryl methyl sites for hydroxylation is 1. The predicted octanol–water partition coefficient (Wildman–Crippen LogP) is 3.85. The molecule has 0 amide bonds. The van der Waals surface area contributed by atoms with E-state index in [0.717, 1.165) is 24.8 Å². The van der Waals surface area contributed by atoms with Crippen molar-refractivity contribution in [1.29, 1.82) is 5.26 Å². The first-order valence-corrected chi connectivity index (χ1v) is 5.84. The Balaban J connectivity index is 2.99. The highest BCUT2D eigenvalue weighted by Gasteiger charge is 2.06. The molecule has 0 saturated carbocycles. The minimum absolute atomic E-state index is 0.870. The van der Waals surface area contributed by atoms with Gasteiger partial charge in [-0.2, -0.15) is 5.26 Å². The molecule has 1 aromatic rings. The van der Waals surface area contributed by atoms with Crippen LogP contribution in [-0.2, 0) is 12.8 Å². The zero-order valence-electron chi connectivity index (χ0n) is 9.71. The second-order valence-corrected chi connectivity index (χ2v) is 3.91. The van der Waals surface area contributed by atoms with Crippen molar-refractivity contribution in [2.45, 2.75) is 46.0 Å². The number of nitrogens with zero attached hydrogens (tertiary/aromatic N) is 1. The maximum atomic E-state index is 9.06. The van der Waals surface area contributed by atoms with Gasteiger partial charge in [0.15, 0.2) is 0 Å². The van der Waals surface area contributed by atoms with Gasteiger partial charge in [-0.25, -0.2) is 0 Å². The van der Waals surface area contributed by atoms with Crippen LogP contribution in [0, 0.1) is 11.3 Å². The van der Waals surface area contributed by atoms with Crippen LogP contribution < -0.4 is 0 Å². The van der Waals surface area contributed by atoms with Gasteiger partial charge in [0.25, 0.3) is 0 Å². The van der Waals surface area contributed by atoms with Crippen LogP contribution in [0.25, 0.3) is 0 Å². The lowest BCUT2D eigenvalue weighted by Gasteiger charge is -2.09. The first kappa shape index (κ1) is 11.8. The molecule has 0 aliphatic carbocycles. The van der Waals surface area contributed by atoms with E-state index in [0.29, 0.717) is 0 Å². The number of benzene rings is 1. The van der Waals surface area contributed by atoms with Crippen LogP contribution in [0.15, 0.2) is 18.2 Å². The third-order valence-corrected chi connectivity index (χ3v) is 2.69. The van der Waals surface area contributed by atoms with Crippen molar-refractivity contribution in [3.63, 3.8) is 0 Å². The largest absolute Gasteiger partial charge is 0.192 e. The molecule has 1 rings (SSSR count). The maximum absolute atomic E-state index is 9.06. The van der Waals surface area contributed by atoms with E-state index in [4.69, 9.17) is 5.26 Å². The van der Waals surface area contributed by atoms with Gasteiger partial charge in [0.05, 0.1) is 11.6 Å². The molecule has 0 heterocycles. The van der Waals surface area contributed by atoms with Gasteiger partial charge in [0, 0.05) is 0 Å². The van der Waals surface area contributed by atoms with Crippen molar-refractivity contribution >= 4 is 0 Å². The molecule has 0 spiro atoms. The summed E-state index contributed by atoms with van der Waals surface area (Å²) in [6.07, 6.45) is 5.65. The van der Waals surface area contributed by atoms with E-state index in [2.05, 4.69) is 26.0 Å². The maximum Gasteiger partial charge on any atom is 0.0994 e. The quantitative estimate of drug-likeness (QED) is 0.709. The normalized spacial score (nSPS) is 9.93. The molecule has 1 aromatic carbocycles. The minimum atomic E-state index is 0.870. The molecule has 1 nitrogen and oxygen atoms in total. The van der Waals surface area contributed by atoms with Crippen molar-refractivity contribution in [1.82, 2.24) is 0 Å². The lowest BCUT2D eigenvalue weighted by molar-refractivity contribution is 0.778. The molecule has 80 valence electrons. The lowest BCUT2D eigenvalue weighted by atomic mass is 9.94. The third kappa shape index (κ3) is 3.09. The van der Waals surface area contributed by atoms with Crippen molar-refractivity contribution in [3.05, 3.63) is 34.9 Å². The molecule has 15 heavy (non-hydrogen) atoms. The number of nitriles is 1. The summed E-state index contributed by atoms with van der Waals surface area (Å²) in [5, 5.41) is 9.06. The van der Waals surface area contributed by atoms with Crippen LogP contribution in [0.5, 0.6) is 0 Å². The number of hydrogen-bond acceptors (Lipinski definition) is 1. The fraction of sp³-hybridized carbons (Fsp3) is 0.500. The molecular formula is C14H19N. The SMILES string of the molecule is CCCCc1c(C#N)cccc1CCC. The Morgan fingerprint density at radius 1 is 1.13 bits per heavy atom. The van der Waals surface area contributed by atoms with Crippen molar-refractivity contribution in [3.8, 4) is 6.07 Å². The molecule has 0 atom stereocenters. The molecule has 0 unspecified atom stereocenters. The number of hydrogen-bond donors (Lipinski definition) is 0. The van der Waals surface area contributed by atoms with E-state index < -0.39 is 0 Å². The van der Waals surface area contributed by atoms with Gasteiger partial charge in [-0.3, -0.25) is 0 Å². The van der Waals surface area contributed by atoms with Crippen LogP contribution in [0.3, 0.4) is 0 Å². The Bertz CT molecular complexity index is 347. The summed E-state index contributed by atoms with van der Waals surface area (Å²) in [6, 6.07) is 8.40. The zero-order chi connectivity index (χ0) is 11.1. The van der Waals surface area contributed by atoms with E-state index in [1.807, 2.05) is 12.1 Å². The van der Waals surface area contributed by atoms with Gasteiger partial charge in [0.1, 0.15) is 0 Å². The Morgan fingerprint density at radius 2 is 1.93 bits per heavy atom. The minimum Gasteiger partial charge on any atom is -0.192 e. The van der Waals surface area contributed by atoms with Crippen LogP contribution in [0.1, 0.15) is 49.8 Å². The van der Waals surface area contributed by atoms with E-state index in [-0.39, 0.29) is 0 Å². The summed E-state index contributed by atoms with van der Waals surface area (Å²) in [5.41, 5.74) is 3.52. The summed E-state index contributed by atoms with van der Waals surface area (Å²) in [6.45, 7) is 4.37. The smallest absolute Gasteiger partial charge is 0.0994 e. The van der Waals surface area contributed by atoms with E-state index in [1.54, 1.807) is 0 Å². The van der Waals surface area contributed by atoms with Crippen molar-refractivity contribution < 1.29 is 0 Å². The Morgan fingerprint density at radius 3 is 2.53 bits per heavy atom. The summed E-state index contributed by atoms with van der Waals surface area (Å²) in [4.78, 5) is 0. The number of rotatable bonds is 5. The predicted molar refractivity (Wildman–Crippen MR) is 63.8 cm³/mol. The Hall–Kier alpha value is -1.29. The highest BCUT2D eigenvalue weighted by atomic mass is 14.2. The van der Waals surface area contributed by atoms with Gasteiger partial charge in [0.2, 0.25) is 0 Å². The van der Waals surface area contributed by atoms with Gasteiger partial charge in [-0.15, -0.1) is 0 Å². The molecule has 0 bridgehead atoms. The standard InChI is InChI=1S/C14H19N/c1-3-5-10-14-12(7-4-2)8-6-9-13(14)11-15/h6,8-9H,3-5,7,10H2,1-2H3. The summed E-state index contributed by atoms with van der Waals surface area (Å²) in [7, 11) is 0. The monoisotopic (exact) mass is 201 g/mol. The second-order valence-electron chi connectivity index (χ2n) is 3.91. The molecule has 1 heteroatoms. The summed E-state index contributed by atoms with van der Waals surface area (Å²) >= 11 is 0. The molecule has 0 aromatic heterocycles. The van der Waals surface area contributed by atoms with Gasteiger partial charge in [-0.1, -0.05) is 38.8 Å². The first-order chi connectivity index (χ1) is 7.33. The van der Waals surface area contributed by atoms with Gasteiger partial charge < -0.3 is 0 Å². The van der Waals surface area contributed by atoms with Crippen LogP contribution in [0.4, 0.5) is 0 Å². The van der Waals surface area contributed by atoms with E-state index >= 15 is 0 Å². The summed E-state index contributed by atoms with van der Waals surface area (Å²) in [5.74, 6) is 0. The average Bonchev–Trinajstić information content (AvgIpc) is 2.27. The first-order valence-electron chi connectivity index (χ1n) is 5.84. The zero-order valence-corrected chi connectivity index (χ0v) is 9.71. The second kappa shape index (κ2) is 6.24. The van der Waals surface area contributed by atoms with Crippen molar-refractivity contribution in [2.24, 2.45) is 0 Å². The average molecular weight is 201 g/mol. The van der Waals surface area contributed by atoms with Crippen LogP contribution in [-0.4, -0.2) is 0 Å². The fourth-order valence-corrected chi connectivity index (χ4v) is 1.89. The van der Waals surface area contributed by atoms with E-state index in [1.165, 1.54) is 24.0 Å². The molecule has 0 aliphatic rings. The van der Waals surface area contributed by atoms with E-state index in [9.17, 15) is 0 Å². The molecule has 0 saturated heterocycles. The van der Waals surface area contributed by atoms with Crippen LogP contribution >= 0.6 is 0 Å². The fourth-order valence-electron chi connectivity index (χ4n) is 1.89. The van der Waals surface area contributed by atoms with Crippen molar-refractivity contribution in [2.75, 3.05) is 0 Å². The lowest BCUT2D eigenvalue weighted by Crippen LogP contribution is -1.98. The highest BCUT2D eigenvalue weighted by molar-refractivity contribution is 5.43. The van der Waals surface area contributed by atoms with Gasteiger partial charge >= 0.3 is 0 Å². The Kier molecular flexibility index (Phi) is 4.90. The molecule has 0 fully saturated rings. The summed E-state index contributed by atoms with van der Waals surface area (Å²) < 4.78 is 0. The molecule has 0 N–H and O–H groups in total. The Labute approximate surface area is 92.7 Å². The van der Waals surface area contributed by atoms with Crippen LogP contribution in [0.2, 0.25) is 0 Å². The third-order valence-electron chi connectivity index (χ3n) is 2.69. The molecule has 0 radical (unpaired) electrons. The number of unbranched alkanes of at least 4 members (excludes halogenated alkanes) is 1.